The van der Waals surface area contributed by atoms with Crippen LogP contribution < -0.4 is 5.32 Å². The second-order valence-electron chi connectivity index (χ2n) is 6.34. The van der Waals surface area contributed by atoms with E-state index in [2.05, 4.69) is 17.1 Å². The minimum absolute atomic E-state index is 0.103. The molecule has 1 atom stereocenters. The van der Waals surface area contributed by atoms with Gasteiger partial charge in [-0.05, 0) is 38.4 Å². The van der Waals surface area contributed by atoms with Crippen LogP contribution in [0.15, 0.2) is 10.5 Å². The van der Waals surface area contributed by atoms with Crippen LogP contribution in [0.5, 0.6) is 0 Å². The first-order chi connectivity index (χ1) is 10.8. The van der Waals surface area contributed by atoms with Crippen LogP contribution in [0.3, 0.4) is 0 Å². The quantitative estimate of drug-likeness (QED) is 0.875. The Kier molecular flexibility index (Phi) is 5.16. The molecule has 3 heterocycles. The summed E-state index contributed by atoms with van der Waals surface area (Å²) in [5, 5.41) is 2.97. The van der Waals surface area contributed by atoms with E-state index in [9.17, 15) is 4.79 Å². The molecule has 0 bridgehead atoms. The van der Waals surface area contributed by atoms with Crippen molar-refractivity contribution in [1.29, 1.82) is 0 Å². The van der Waals surface area contributed by atoms with Gasteiger partial charge in [0, 0.05) is 37.6 Å². The Morgan fingerprint density at radius 1 is 1.41 bits per heavy atom. The van der Waals surface area contributed by atoms with Crippen LogP contribution in [0.25, 0.3) is 0 Å². The monoisotopic (exact) mass is 306 g/mol. The molecule has 0 saturated carbocycles. The molecular formula is C17H26N2O3. The summed E-state index contributed by atoms with van der Waals surface area (Å²) in [5.74, 6) is 1.73. The molecule has 2 saturated heterocycles. The molecule has 2 aliphatic rings. The molecule has 0 spiro atoms. The Balaban J connectivity index is 1.59. The highest BCUT2D eigenvalue weighted by atomic mass is 16.5. The fourth-order valence-corrected chi connectivity index (χ4v) is 3.26. The predicted molar refractivity (Wildman–Crippen MR) is 83.9 cm³/mol. The summed E-state index contributed by atoms with van der Waals surface area (Å²) in [6.07, 6.45) is 4.40. The fraction of sp³-hybridized carbons (Fsp3) is 0.706. The van der Waals surface area contributed by atoms with Crippen molar-refractivity contribution in [3.05, 3.63) is 23.2 Å². The molecule has 0 aliphatic carbocycles. The first kappa shape index (κ1) is 15.6. The maximum absolute atomic E-state index is 12.3. The van der Waals surface area contributed by atoms with Gasteiger partial charge in [-0.3, -0.25) is 9.69 Å². The molecule has 22 heavy (non-hydrogen) atoms. The summed E-state index contributed by atoms with van der Waals surface area (Å²) in [6.45, 7) is 7.50. The topological polar surface area (TPSA) is 54.7 Å². The average molecular weight is 306 g/mol. The van der Waals surface area contributed by atoms with Crippen molar-refractivity contribution >= 4 is 5.91 Å². The highest BCUT2D eigenvalue weighted by molar-refractivity contribution is 5.91. The number of likely N-dealkylation sites (tertiary alicyclic amines) is 1. The Labute approximate surface area is 132 Å². The van der Waals surface area contributed by atoms with E-state index in [1.807, 2.05) is 6.07 Å². The highest BCUT2D eigenvalue weighted by Crippen LogP contribution is 2.21. The van der Waals surface area contributed by atoms with E-state index in [4.69, 9.17) is 9.15 Å². The molecule has 1 N–H and O–H groups in total. The molecule has 1 aromatic rings. The summed E-state index contributed by atoms with van der Waals surface area (Å²) in [5.41, 5.74) is 1.17. The molecule has 5 nitrogen and oxygen atoms in total. The molecule has 5 heteroatoms. The van der Waals surface area contributed by atoms with E-state index in [1.54, 1.807) is 0 Å². The minimum atomic E-state index is -0.103. The molecule has 0 unspecified atom stereocenters. The third-order valence-corrected chi connectivity index (χ3v) is 4.61. The van der Waals surface area contributed by atoms with Crippen molar-refractivity contribution in [3.8, 4) is 0 Å². The summed E-state index contributed by atoms with van der Waals surface area (Å²) >= 11 is 0. The van der Waals surface area contributed by atoms with Crippen molar-refractivity contribution < 1.29 is 13.9 Å². The number of nitrogens with zero attached hydrogens (tertiary/aromatic N) is 1. The van der Waals surface area contributed by atoms with Crippen LogP contribution in [0, 0.1) is 5.92 Å². The number of rotatable bonds is 6. The van der Waals surface area contributed by atoms with Crippen LogP contribution in [-0.4, -0.2) is 43.7 Å². The SMILES string of the molecule is CCc1oc(C(=O)NC[C@@H]2CCOC2)cc1CN1CCCC1. The molecule has 2 fully saturated rings. The number of amides is 1. The summed E-state index contributed by atoms with van der Waals surface area (Å²) in [4.78, 5) is 14.7. The third-order valence-electron chi connectivity index (χ3n) is 4.61. The number of nitrogens with one attached hydrogen (secondary N) is 1. The summed E-state index contributed by atoms with van der Waals surface area (Å²) < 4.78 is 11.1. The van der Waals surface area contributed by atoms with Gasteiger partial charge in [0.15, 0.2) is 5.76 Å². The number of carbonyl (C=O) groups is 1. The first-order valence-electron chi connectivity index (χ1n) is 8.46. The van der Waals surface area contributed by atoms with Crippen molar-refractivity contribution in [3.63, 3.8) is 0 Å². The van der Waals surface area contributed by atoms with Gasteiger partial charge in [0.2, 0.25) is 0 Å². The van der Waals surface area contributed by atoms with Crippen LogP contribution >= 0.6 is 0 Å². The van der Waals surface area contributed by atoms with Gasteiger partial charge < -0.3 is 14.5 Å². The van der Waals surface area contributed by atoms with Crippen molar-refractivity contribution in [2.75, 3.05) is 32.8 Å². The number of ether oxygens (including phenoxy) is 1. The molecule has 3 rings (SSSR count). The lowest BCUT2D eigenvalue weighted by Crippen LogP contribution is -2.29. The van der Waals surface area contributed by atoms with Gasteiger partial charge in [-0.15, -0.1) is 0 Å². The van der Waals surface area contributed by atoms with E-state index in [1.165, 1.54) is 18.4 Å². The maximum atomic E-state index is 12.3. The molecular weight excluding hydrogens is 280 g/mol. The number of hydrogen-bond donors (Lipinski definition) is 1. The molecule has 1 amide bonds. The number of hydrogen-bond acceptors (Lipinski definition) is 4. The average Bonchev–Trinajstić information content (AvgIpc) is 3.27. The fourth-order valence-electron chi connectivity index (χ4n) is 3.26. The van der Waals surface area contributed by atoms with Gasteiger partial charge >= 0.3 is 0 Å². The Bertz CT molecular complexity index is 500. The normalized spacial score (nSPS) is 22.3. The second-order valence-corrected chi connectivity index (χ2v) is 6.34. The highest BCUT2D eigenvalue weighted by Gasteiger charge is 2.21. The zero-order valence-electron chi connectivity index (χ0n) is 13.4. The van der Waals surface area contributed by atoms with Crippen molar-refractivity contribution in [1.82, 2.24) is 10.2 Å². The maximum Gasteiger partial charge on any atom is 0.287 e. The third kappa shape index (κ3) is 3.70. The van der Waals surface area contributed by atoms with Gasteiger partial charge in [-0.25, -0.2) is 0 Å². The van der Waals surface area contributed by atoms with Crippen molar-refractivity contribution in [2.45, 2.75) is 39.2 Å². The van der Waals surface area contributed by atoms with Crippen LogP contribution in [0.1, 0.15) is 48.1 Å². The van der Waals surface area contributed by atoms with E-state index in [0.717, 1.165) is 51.4 Å². The molecule has 2 aliphatic heterocycles. The van der Waals surface area contributed by atoms with Crippen LogP contribution in [-0.2, 0) is 17.7 Å². The van der Waals surface area contributed by atoms with Gasteiger partial charge in [-0.2, -0.15) is 0 Å². The first-order valence-corrected chi connectivity index (χ1v) is 8.46. The second kappa shape index (κ2) is 7.29. The van der Waals surface area contributed by atoms with E-state index >= 15 is 0 Å². The molecule has 0 radical (unpaired) electrons. The van der Waals surface area contributed by atoms with Crippen LogP contribution in [0.4, 0.5) is 0 Å². The predicted octanol–water partition coefficient (Wildman–Crippen LogP) is 2.20. The van der Waals surface area contributed by atoms with Crippen LogP contribution in [0.2, 0.25) is 0 Å². The molecule has 122 valence electrons. The Morgan fingerprint density at radius 3 is 2.91 bits per heavy atom. The number of aryl methyl sites for hydroxylation is 1. The largest absolute Gasteiger partial charge is 0.456 e. The zero-order valence-corrected chi connectivity index (χ0v) is 13.4. The summed E-state index contributed by atoms with van der Waals surface area (Å²) in [7, 11) is 0. The summed E-state index contributed by atoms with van der Waals surface area (Å²) in [6, 6.07) is 1.93. The lowest BCUT2D eigenvalue weighted by molar-refractivity contribution is 0.0915. The Morgan fingerprint density at radius 2 is 2.23 bits per heavy atom. The Hall–Kier alpha value is -1.33. The van der Waals surface area contributed by atoms with E-state index in [-0.39, 0.29) is 5.91 Å². The van der Waals surface area contributed by atoms with Gasteiger partial charge in [-0.1, -0.05) is 6.92 Å². The standard InChI is InChI=1S/C17H26N2O3/c1-2-15-14(11-19-6-3-4-7-19)9-16(22-15)17(20)18-10-13-5-8-21-12-13/h9,13H,2-8,10-12H2,1H3,(H,18,20)/t13-/m0/s1. The molecule has 1 aromatic heterocycles. The lowest BCUT2D eigenvalue weighted by atomic mass is 10.1. The zero-order chi connectivity index (χ0) is 15.4. The number of furan rings is 1. The van der Waals surface area contributed by atoms with Gasteiger partial charge in [0.1, 0.15) is 5.76 Å². The van der Waals surface area contributed by atoms with Gasteiger partial charge in [0.05, 0.1) is 6.61 Å². The minimum Gasteiger partial charge on any atom is -0.456 e. The number of carbonyl (C=O) groups excluding carboxylic acids is 1. The van der Waals surface area contributed by atoms with E-state index in [0.29, 0.717) is 18.2 Å². The van der Waals surface area contributed by atoms with E-state index < -0.39 is 0 Å². The van der Waals surface area contributed by atoms with Crippen molar-refractivity contribution in [2.24, 2.45) is 5.92 Å². The lowest BCUT2D eigenvalue weighted by Gasteiger charge is -2.13. The smallest absolute Gasteiger partial charge is 0.287 e. The van der Waals surface area contributed by atoms with Gasteiger partial charge in [0.25, 0.3) is 5.91 Å². The molecule has 0 aromatic carbocycles.